The Morgan fingerprint density at radius 3 is 2.42 bits per heavy atom. The van der Waals surface area contributed by atoms with Crippen LogP contribution in [0.3, 0.4) is 0 Å². The van der Waals surface area contributed by atoms with Gasteiger partial charge in [0.1, 0.15) is 9.76 Å². The van der Waals surface area contributed by atoms with Crippen LogP contribution in [0.15, 0.2) is 0 Å². The predicted octanol–water partition coefficient (Wildman–Crippen LogP) is 1.96. The molecule has 0 bridgehead atoms. The van der Waals surface area contributed by atoms with Crippen LogP contribution in [0.25, 0.3) is 0 Å². The normalized spacial score (nSPS) is 13.5. The molecular weight excluding hydrogens is 196 g/mol. The third-order valence-corrected chi connectivity index (χ3v) is 8.79. The van der Waals surface area contributed by atoms with E-state index in [1.165, 1.54) is 12.5 Å². The summed E-state index contributed by atoms with van der Waals surface area (Å²) in [5, 5.41) is 0. The first-order chi connectivity index (χ1) is 5.48. The topological polar surface area (TPSA) is 9.23 Å². The molecule has 0 aromatic rings. The van der Waals surface area contributed by atoms with Gasteiger partial charge in [0.05, 0.1) is 0 Å². The molecule has 0 N–H and O–H groups in total. The van der Waals surface area contributed by atoms with Crippen molar-refractivity contribution in [3.63, 3.8) is 0 Å². The molecule has 1 radical (unpaired) electrons. The second-order valence-corrected chi connectivity index (χ2v) is 12.9. The molecule has 0 aromatic heterocycles. The number of hydrogen-bond acceptors (Lipinski definition) is 1. The zero-order valence-corrected chi connectivity index (χ0v) is 12.8. The summed E-state index contributed by atoms with van der Waals surface area (Å²) < 4.78 is 5.85. The van der Waals surface area contributed by atoms with Crippen molar-refractivity contribution >= 4 is 26.9 Å². The summed E-state index contributed by atoms with van der Waals surface area (Å²) in [4.78, 5) is 0. The fourth-order valence-corrected chi connectivity index (χ4v) is 6.67. The summed E-state index contributed by atoms with van der Waals surface area (Å²) in [5.74, 6) is 0. The number of rotatable bonds is 6. The van der Waals surface area contributed by atoms with Gasteiger partial charge in [-0.3, -0.25) is 0 Å². The van der Waals surface area contributed by atoms with Gasteiger partial charge in [-0.15, -0.1) is 0 Å². The van der Waals surface area contributed by atoms with Gasteiger partial charge in [0.25, 0.3) is 0 Å². The Bertz CT molecular complexity index is 115. The van der Waals surface area contributed by atoms with Gasteiger partial charge in [0.2, 0.25) is 0 Å². The van der Waals surface area contributed by atoms with E-state index in [9.17, 15) is 0 Å². The highest BCUT2D eigenvalue weighted by atomic mass is 28.4. The van der Waals surface area contributed by atoms with Crippen molar-refractivity contribution < 1.29 is 4.12 Å². The molecule has 0 aliphatic carbocycles. The summed E-state index contributed by atoms with van der Waals surface area (Å²) in [6.45, 7) is 11.7. The van der Waals surface area contributed by atoms with E-state index in [0.717, 1.165) is 0 Å². The van der Waals surface area contributed by atoms with Gasteiger partial charge < -0.3 is 4.12 Å². The van der Waals surface area contributed by atoms with Crippen LogP contribution in [0.4, 0.5) is 0 Å². The van der Waals surface area contributed by atoms with Crippen LogP contribution in [0, 0.1) is 6.04 Å². The SMILES string of the molecule is C[SiH2]O[Si](C)(C)[CH]CC[SiH](C)C. The molecule has 0 aromatic carbocycles. The molecule has 0 saturated carbocycles. The second kappa shape index (κ2) is 6.12. The fraction of sp³-hybridized carbons (Fsp3) is 0.875. The minimum Gasteiger partial charge on any atom is -0.461 e. The Hall–Kier alpha value is 0.611. The molecule has 0 spiro atoms. The highest BCUT2D eigenvalue weighted by Crippen LogP contribution is 2.13. The molecule has 4 heteroatoms. The summed E-state index contributed by atoms with van der Waals surface area (Å²) in [6.07, 6.45) is 1.30. The maximum atomic E-state index is 5.85. The van der Waals surface area contributed by atoms with Gasteiger partial charge >= 0.3 is 0 Å². The molecule has 0 heterocycles. The van der Waals surface area contributed by atoms with Crippen LogP contribution in [-0.4, -0.2) is 26.9 Å². The maximum Gasteiger partial charge on any atom is 0.176 e. The lowest BCUT2D eigenvalue weighted by Gasteiger charge is -2.22. The smallest absolute Gasteiger partial charge is 0.176 e. The predicted molar refractivity (Wildman–Crippen MR) is 65.6 cm³/mol. The Labute approximate surface area is 82.6 Å². The van der Waals surface area contributed by atoms with Crippen LogP contribution < -0.4 is 0 Å². The summed E-state index contributed by atoms with van der Waals surface area (Å²) in [7, 11) is -1.84. The molecule has 1 nitrogen and oxygen atoms in total. The molecule has 0 unspecified atom stereocenters. The highest BCUT2D eigenvalue weighted by Gasteiger charge is 2.20. The van der Waals surface area contributed by atoms with Crippen molar-refractivity contribution in [3.05, 3.63) is 6.04 Å². The van der Waals surface area contributed by atoms with Gasteiger partial charge in [0.15, 0.2) is 8.32 Å². The van der Waals surface area contributed by atoms with Gasteiger partial charge in [-0.25, -0.2) is 0 Å². The molecule has 0 atom stereocenters. The Balaban J connectivity index is 3.46. The summed E-state index contributed by atoms with van der Waals surface area (Å²) in [5.41, 5.74) is 0. The third kappa shape index (κ3) is 7.27. The fourth-order valence-electron chi connectivity index (χ4n) is 1.20. The van der Waals surface area contributed by atoms with Crippen molar-refractivity contribution in [2.75, 3.05) is 0 Å². The van der Waals surface area contributed by atoms with E-state index >= 15 is 0 Å². The zero-order valence-electron chi connectivity index (χ0n) is 9.18. The van der Waals surface area contributed by atoms with E-state index in [1.54, 1.807) is 0 Å². The summed E-state index contributed by atoms with van der Waals surface area (Å²) >= 11 is 0. The minimum atomic E-state index is -1.31. The molecule has 12 heavy (non-hydrogen) atoms. The lowest BCUT2D eigenvalue weighted by Crippen LogP contribution is -2.32. The van der Waals surface area contributed by atoms with Crippen molar-refractivity contribution in [3.8, 4) is 0 Å². The highest BCUT2D eigenvalue weighted by molar-refractivity contribution is 6.78. The zero-order chi connectivity index (χ0) is 9.61. The third-order valence-electron chi connectivity index (χ3n) is 1.90. The van der Waals surface area contributed by atoms with Crippen molar-refractivity contribution in [1.29, 1.82) is 0 Å². The van der Waals surface area contributed by atoms with E-state index in [0.29, 0.717) is 0 Å². The van der Waals surface area contributed by atoms with Gasteiger partial charge in [-0.05, 0) is 19.1 Å². The second-order valence-electron chi connectivity index (χ2n) is 4.21. The van der Waals surface area contributed by atoms with Crippen LogP contribution in [0.5, 0.6) is 0 Å². The Kier molecular flexibility index (Phi) is 6.44. The van der Waals surface area contributed by atoms with Crippen LogP contribution in [0.2, 0.25) is 38.8 Å². The molecule has 0 saturated heterocycles. The quantitative estimate of drug-likeness (QED) is 0.621. The van der Waals surface area contributed by atoms with E-state index in [4.69, 9.17) is 4.12 Å². The first-order valence-electron chi connectivity index (χ1n) is 4.96. The molecule has 0 aliphatic rings. The largest absolute Gasteiger partial charge is 0.461 e. The first-order valence-corrected chi connectivity index (χ1v) is 13.1. The van der Waals surface area contributed by atoms with Crippen LogP contribution in [-0.2, 0) is 4.12 Å². The van der Waals surface area contributed by atoms with E-state index in [-0.39, 0.29) is 18.6 Å². The maximum absolute atomic E-state index is 5.85. The molecule has 0 aliphatic heterocycles. The Morgan fingerprint density at radius 2 is 2.00 bits per heavy atom. The van der Waals surface area contributed by atoms with Gasteiger partial charge in [-0.1, -0.05) is 32.1 Å². The van der Waals surface area contributed by atoms with Crippen molar-refractivity contribution in [2.24, 2.45) is 0 Å². The lowest BCUT2D eigenvalue weighted by atomic mass is 10.6. The molecule has 73 valence electrons. The number of hydrogen-bond donors (Lipinski definition) is 0. The van der Waals surface area contributed by atoms with Crippen LogP contribution in [0.1, 0.15) is 6.42 Å². The van der Waals surface area contributed by atoms with E-state index in [2.05, 4.69) is 38.8 Å². The molecular formula is C8H23OSi3. The van der Waals surface area contributed by atoms with Crippen LogP contribution >= 0.6 is 0 Å². The molecule has 0 rings (SSSR count). The lowest BCUT2D eigenvalue weighted by molar-refractivity contribution is 0.600. The van der Waals surface area contributed by atoms with Crippen molar-refractivity contribution in [2.45, 2.75) is 45.2 Å². The van der Waals surface area contributed by atoms with E-state index < -0.39 is 8.32 Å². The van der Waals surface area contributed by atoms with Gasteiger partial charge in [-0.2, -0.15) is 0 Å². The minimum absolute atomic E-state index is 0.196. The van der Waals surface area contributed by atoms with E-state index in [1.807, 2.05) is 0 Å². The first kappa shape index (κ1) is 12.6. The molecule has 0 amide bonds. The monoisotopic (exact) mass is 219 g/mol. The average molecular weight is 220 g/mol. The molecule has 0 fully saturated rings. The average Bonchev–Trinajstić information content (AvgIpc) is 1.85. The Morgan fingerprint density at radius 1 is 1.42 bits per heavy atom. The summed E-state index contributed by atoms with van der Waals surface area (Å²) in [6, 6.07) is 3.93. The standard InChI is InChI=1S/C8H23OSi3/c1-10-9-12(4,5)8-6-7-11(2)3/h8,11H,6-7,10H2,1-5H3. The van der Waals surface area contributed by atoms with Crippen molar-refractivity contribution in [1.82, 2.24) is 0 Å². The van der Waals surface area contributed by atoms with Gasteiger partial charge in [0, 0.05) is 8.80 Å².